The fourth-order valence-electron chi connectivity index (χ4n) is 3.59. The van der Waals surface area contributed by atoms with E-state index in [4.69, 9.17) is 15.2 Å². The summed E-state index contributed by atoms with van der Waals surface area (Å²) in [5.41, 5.74) is 5.32. The van der Waals surface area contributed by atoms with Crippen molar-refractivity contribution in [2.45, 2.75) is 39.7 Å². The van der Waals surface area contributed by atoms with Crippen LogP contribution in [0.25, 0.3) is 0 Å². The third-order valence-corrected chi connectivity index (χ3v) is 5.48. The lowest BCUT2D eigenvalue weighted by molar-refractivity contribution is -0.120. The molecule has 3 rings (SSSR count). The second-order valence-electron chi connectivity index (χ2n) is 8.97. The number of hydrogen-bond acceptors (Lipinski definition) is 7. The molecule has 2 aromatic rings. The molecule has 1 saturated carbocycles. The number of nitrogens with one attached hydrogen (secondary N) is 2. The van der Waals surface area contributed by atoms with Gasteiger partial charge in [-0.1, -0.05) is 19.9 Å². The van der Waals surface area contributed by atoms with E-state index < -0.39 is 17.2 Å². The van der Waals surface area contributed by atoms with Crippen LogP contribution >= 0.6 is 0 Å². The number of aromatic amines is 1. The maximum Gasteiger partial charge on any atom is 0.330 e. The lowest BCUT2D eigenvalue weighted by Gasteiger charge is -2.25. The number of nitrogen functional groups attached to an aromatic ring is 1. The number of ether oxygens (including phenoxy) is 2. The monoisotopic (exact) mass is 487 g/mol. The van der Waals surface area contributed by atoms with Crippen molar-refractivity contribution in [3.05, 3.63) is 45.1 Å². The average molecular weight is 488 g/mol. The van der Waals surface area contributed by atoms with Gasteiger partial charge in [-0.05, 0) is 37.3 Å². The Balaban J connectivity index is 1.80. The van der Waals surface area contributed by atoms with E-state index in [1.807, 2.05) is 13.8 Å². The third kappa shape index (κ3) is 6.95. The molecule has 11 heteroatoms. The van der Waals surface area contributed by atoms with Crippen LogP contribution < -0.4 is 31.9 Å². The van der Waals surface area contributed by atoms with Gasteiger partial charge in [0.25, 0.3) is 11.5 Å². The molecule has 11 nitrogen and oxygen atoms in total. The minimum absolute atomic E-state index is 0.0335. The van der Waals surface area contributed by atoms with Gasteiger partial charge in [0.05, 0.1) is 0 Å². The minimum Gasteiger partial charge on any atom is -0.484 e. The minimum atomic E-state index is -0.747. The van der Waals surface area contributed by atoms with Crippen LogP contribution in [-0.2, 0) is 20.9 Å². The summed E-state index contributed by atoms with van der Waals surface area (Å²) in [6.45, 7) is 4.22. The Labute approximate surface area is 203 Å². The Hall–Kier alpha value is -3.60. The smallest absolute Gasteiger partial charge is 0.330 e. The van der Waals surface area contributed by atoms with Crippen molar-refractivity contribution in [1.29, 1.82) is 0 Å². The first kappa shape index (κ1) is 26.0. The first-order valence-corrected chi connectivity index (χ1v) is 11.7. The Morgan fingerprint density at radius 2 is 2.03 bits per heavy atom. The maximum atomic E-state index is 13.2. The predicted molar refractivity (Wildman–Crippen MR) is 133 cm³/mol. The highest BCUT2D eigenvalue weighted by molar-refractivity contribution is 5.96. The Kier molecular flexibility index (Phi) is 8.69. The number of carbonyl (C=O) groups excluding carboxylic acids is 2. The van der Waals surface area contributed by atoms with Gasteiger partial charge in [-0.15, -0.1) is 0 Å². The lowest BCUT2D eigenvalue weighted by Crippen LogP contribution is -2.43. The molecule has 0 spiro atoms. The number of anilines is 3. The van der Waals surface area contributed by atoms with Crippen molar-refractivity contribution in [1.82, 2.24) is 9.55 Å². The molecule has 4 N–H and O–H groups in total. The molecular formula is C24H33N5O6. The molecule has 0 saturated heterocycles. The molecule has 190 valence electrons. The van der Waals surface area contributed by atoms with Gasteiger partial charge in [-0.2, -0.15) is 0 Å². The van der Waals surface area contributed by atoms with Crippen molar-refractivity contribution in [2.75, 3.05) is 42.8 Å². The first-order valence-electron chi connectivity index (χ1n) is 11.7. The summed E-state index contributed by atoms with van der Waals surface area (Å²) in [6.07, 6.45) is 2.22. The number of amides is 2. The summed E-state index contributed by atoms with van der Waals surface area (Å²) in [7, 11) is 1.54. The molecule has 1 aliphatic carbocycles. The Morgan fingerprint density at radius 3 is 2.69 bits per heavy atom. The number of nitrogens with zero attached hydrogens (tertiary/aromatic N) is 2. The number of H-pyrrole nitrogens is 1. The van der Waals surface area contributed by atoms with Crippen molar-refractivity contribution < 1.29 is 19.1 Å². The second-order valence-corrected chi connectivity index (χ2v) is 8.97. The molecule has 1 aromatic carbocycles. The van der Waals surface area contributed by atoms with Crippen LogP contribution in [0, 0.1) is 11.8 Å². The van der Waals surface area contributed by atoms with Crippen LogP contribution in [0.3, 0.4) is 0 Å². The standard InChI is InChI=1S/C24H33N5O6/c1-15(2)13-29-21(25)20(23(32)27-24(29)33)28(10-5-11-34-3)19(30)14-35-18-7-4-6-17(12-18)26-22(31)16-8-9-16/h4,6-7,12,15-16H,5,8-11,13-14,25H2,1-3H3,(H,26,31)(H,27,32,33). The molecule has 1 fully saturated rings. The van der Waals surface area contributed by atoms with Crippen LogP contribution in [0.15, 0.2) is 33.9 Å². The zero-order valence-corrected chi connectivity index (χ0v) is 20.3. The van der Waals surface area contributed by atoms with Crippen LogP contribution in [0.5, 0.6) is 5.75 Å². The quantitative estimate of drug-likeness (QED) is 0.385. The van der Waals surface area contributed by atoms with E-state index in [0.29, 0.717) is 24.5 Å². The number of rotatable bonds is 12. The van der Waals surface area contributed by atoms with E-state index in [1.165, 1.54) is 16.6 Å². The molecule has 0 aliphatic heterocycles. The van der Waals surface area contributed by atoms with E-state index in [1.54, 1.807) is 24.3 Å². The highest BCUT2D eigenvalue weighted by Crippen LogP contribution is 2.30. The molecule has 2 amide bonds. The first-order chi connectivity index (χ1) is 16.7. The third-order valence-electron chi connectivity index (χ3n) is 5.48. The molecule has 0 unspecified atom stereocenters. The highest BCUT2D eigenvalue weighted by atomic mass is 16.5. The summed E-state index contributed by atoms with van der Waals surface area (Å²) in [4.78, 5) is 53.7. The van der Waals surface area contributed by atoms with Gasteiger partial charge in [-0.3, -0.25) is 23.9 Å². The predicted octanol–water partition coefficient (Wildman–Crippen LogP) is 1.57. The summed E-state index contributed by atoms with van der Waals surface area (Å²) in [5, 5.41) is 2.83. The molecular weight excluding hydrogens is 454 g/mol. The van der Waals surface area contributed by atoms with Crippen LogP contribution in [0.2, 0.25) is 0 Å². The summed E-state index contributed by atoms with van der Waals surface area (Å²) in [5.74, 6) is -0.0978. The topological polar surface area (TPSA) is 149 Å². The van der Waals surface area contributed by atoms with E-state index in [9.17, 15) is 19.2 Å². The highest BCUT2D eigenvalue weighted by Gasteiger charge is 2.29. The normalized spacial score (nSPS) is 13.0. The average Bonchev–Trinajstić information content (AvgIpc) is 3.65. The number of carbonyl (C=O) groups is 2. The van der Waals surface area contributed by atoms with Crippen molar-refractivity contribution >= 4 is 29.0 Å². The van der Waals surface area contributed by atoms with Crippen molar-refractivity contribution in [3.63, 3.8) is 0 Å². The SMILES string of the molecule is COCCCN(C(=O)COc1cccc(NC(=O)C2CC2)c1)c1c(N)n(CC(C)C)c(=O)[nH]c1=O. The lowest BCUT2D eigenvalue weighted by atomic mass is 10.2. The summed E-state index contributed by atoms with van der Waals surface area (Å²) in [6, 6.07) is 6.75. The fraction of sp³-hybridized carbons (Fsp3) is 0.500. The molecule has 0 atom stereocenters. The number of benzene rings is 1. The van der Waals surface area contributed by atoms with Gasteiger partial charge in [0.2, 0.25) is 5.91 Å². The number of methoxy groups -OCH3 is 1. The van der Waals surface area contributed by atoms with Gasteiger partial charge in [-0.25, -0.2) is 4.79 Å². The molecule has 35 heavy (non-hydrogen) atoms. The fourth-order valence-corrected chi connectivity index (χ4v) is 3.59. The van der Waals surface area contributed by atoms with Crippen LogP contribution in [0.1, 0.15) is 33.1 Å². The summed E-state index contributed by atoms with van der Waals surface area (Å²) < 4.78 is 12.0. The summed E-state index contributed by atoms with van der Waals surface area (Å²) >= 11 is 0. The number of aromatic nitrogens is 2. The Morgan fingerprint density at radius 1 is 1.29 bits per heavy atom. The van der Waals surface area contributed by atoms with Gasteiger partial charge in [0, 0.05) is 44.5 Å². The van der Waals surface area contributed by atoms with E-state index in [2.05, 4.69) is 10.3 Å². The number of nitrogens with two attached hydrogens (primary N) is 1. The molecule has 1 aliphatic rings. The molecule has 1 aromatic heterocycles. The zero-order valence-electron chi connectivity index (χ0n) is 20.3. The molecule has 0 radical (unpaired) electrons. The Bertz CT molecular complexity index is 1170. The van der Waals surface area contributed by atoms with Crippen molar-refractivity contribution in [2.24, 2.45) is 11.8 Å². The number of hydrogen-bond donors (Lipinski definition) is 3. The zero-order chi connectivity index (χ0) is 25.5. The van der Waals surface area contributed by atoms with Crippen molar-refractivity contribution in [3.8, 4) is 5.75 Å². The van der Waals surface area contributed by atoms with Gasteiger partial charge >= 0.3 is 5.69 Å². The maximum absolute atomic E-state index is 13.2. The van der Waals surface area contributed by atoms with Gasteiger partial charge < -0.3 is 25.4 Å². The molecule has 0 bridgehead atoms. The molecule has 1 heterocycles. The van der Waals surface area contributed by atoms with Crippen LogP contribution in [0.4, 0.5) is 17.2 Å². The second kappa shape index (κ2) is 11.7. The van der Waals surface area contributed by atoms with Gasteiger partial charge in [0.1, 0.15) is 11.6 Å². The van der Waals surface area contributed by atoms with Crippen LogP contribution in [-0.4, -0.2) is 48.2 Å². The van der Waals surface area contributed by atoms with E-state index >= 15 is 0 Å². The largest absolute Gasteiger partial charge is 0.484 e. The van der Waals surface area contributed by atoms with E-state index in [-0.39, 0.29) is 48.9 Å². The van der Waals surface area contributed by atoms with E-state index in [0.717, 1.165) is 12.8 Å². The van der Waals surface area contributed by atoms with Gasteiger partial charge in [0.15, 0.2) is 12.3 Å².